The van der Waals surface area contributed by atoms with Crippen molar-refractivity contribution in [3.05, 3.63) is 0 Å². The second-order valence-corrected chi connectivity index (χ2v) is 5.68. The molecule has 0 saturated heterocycles. The Morgan fingerprint density at radius 3 is 1.18 bits per heavy atom. The highest BCUT2D eigenvalue weighted by Crippen LogP contribution is 1.96. The van der Waals surface area contributed by atoms with E-state index in [0.717, 1.165) is 38.5 Å². The lowest BCUT2D eigenvalue weighted by molar-refractivity contribution is -0.00361. The van der Waals surface area contributed by atoms with Gasteiger partial charge in [-0.15, -0.1) is 0 Å². The second-order valence-electron chi connectivity index (χ2n) is 5.68. The Balaban J connectivity index is -0.000000141. The summed E-state index contributed by atoms with van der Waals surface area (Å²) in [7, 11) is 0. The van der Waals surface area contributed by atoms with Crippen molar-refractivity contribution >= 4 is 0 Å². The van der Waals surface area contributed by atoms with Crippen molar-refractivity contribution in [1.29, 1.82) is 0 Å². The van der Waals surface area contributed by atoms with Gasteiger partial charge in [0.25, 0.3) is 0 Å². The molecule has 0 spiro atoms. The molecule has 0 heterocycles. The van der Waals surface area contributed by atoms with E-state index in [1.54, 1.807) is 0 Å². The fourth-order valence-corrected chi connectivity index (χ4v) is 1.14. The second kappa shape index (κ2) is 37.4. The van der Waals surface area contributed by atoms with E-state index in [9.17, 15) is 0 Å². The molecule has 0 aromatic heterocycles. The van der Waals surface area contributed by atoms with E-state index in [1.807, 2.05) is 0 Å². The molecule has 0 rings (SSSR count). The Bertz CT molecular complexity index is 211. The van der Waals surface area contributed by atoms with E-state index in [0.29, 0.717) is 0 Å². The van der Waals surface area contributed by atoms with Crippen molar-refractivity contribution in [3.63, 3.8) is 0 Å². The van der Waals surface area contributed by atoms with Gasteiger partial charge >= 0.3 is 0 Å². The molecule has 28 heavy (non-hydrogen) atoms. The summed E-state index contributed by atoms with van der Waals surface area (Å²) in [5.74, 6) is 0. The number of aliphatic hydroxyl groups is 9. The van der Waals surface area contributed by atoms with Crippen LogP contribution in [-0.4, -0.2) is 118 Å². The molecule has 176 valence electrons. The van der Waals surface area contributed by atoms with E-state index >= 15 is 0 Å². The average molecular weight is 421 g/mol. The van der Waals surface area contributed by atoms with Gasteiger partial charge in [-0.2, -0.15) is 0 Å². The van der Waals surface area contributed by atoms with Gasteiger partial charge in [-0.05, 0) is 32.6 Å². The average Bonchev–Trinajstić information content (AvgIpc) is 2.71. The lowest BCUT2D eigenvalue weighted by Crippen LogP contribution is -2.20. The van der Waals surface area contributed by atoms with E-state index in [2.05, 4.69) is 4.74 Å². The van der Waals surface area contributed by atoms with E-state index in [1.165, 1.54) is 6.92 Å². The van der Waals surface area contributed by atoms with Gasteiger partial charge in [-0.3, -0.25) is 0 Å². The first kappa shape index (κ1) is 35.1. The highest BCUT2D eigenvalue weighted by molar-refractivity contribution is 4.47. The molecule has 0 aliphatic carbocycles. The van der Waals surface area contributed by atoms with Crippen LogP contribution in [-0.2, 0) is 4.74 Å². The number of rotatable bonds is 14. The first-order valence-corrected chi connectivity index (χ1v) is 9.61. The first-order chi connectivity index (χ1) is 13.4. The maximum atomic E-state index is 8.63. The lowest BCUT2D eigenvalue weighted by Gasteiger charge is -2.05. The van der Waals surface area contributed by atoms with Gasteiger partial charge < -0.3 is 50.7 Å². The molecule has 10 heteroatoms. The number of aliphatic hydroxyl groups excluding tert-OH is 9. The Morgan fingerprint density at radius 2 is 0.929 bits per heavy atom. The minimum atomic E-state index is -0.823. The topological polar surface area (TPSA) is 191 Å². The highest BCUT2D eigenvalue weighted by atomic mass is 16.5. The van der Waals surface area contributed by atoms with Gasteiger partial charge in [0.15, 0.2) is 0 Å². The van der Waals surface area contributed by atoms with Crippen LogP contribution in [0.4, 0.5) is 0 Å². The minimum absolute atomic E-state index is 0.0574. The van der Waals surface area contributed by atoms with E-state index in [-0.39, 0.29) is 59.5 Å². The van der Waals surface area contributed by atoms with Crippen LogP contribution >= 0.6 is 0 Å². The van der Waals surface area contributed by atoms with Crippen molar-refractivity contribution < 1.29 is 50.7 Å². The molecule has 0 bridgehead atoms. The van der Waals surface area contributed by atoms with Crippen molar-refractivity contribution in [2.45, 2.75) is 57.7 Å². The van der Waals surface area contributed by atoms with Crippen molar-refractivity contribution in [2.75, 3.05) is 59.5 Å². The normalized spacial score (nSPS) is 11.8. The summed E-state index contributed by atoms with van der Waals surface area (Å²) in [6.45, 7) is 2.27. The third-order valence-electron chi connectivity index (χ3n) is 2.65. The van der Waals surface area contributed by atoms with Crippen LogP contribution in [0.2, 0.25) is 0 Å². The van der Waals surface area contributed by atoms with Gasteiger partial charge in [0.05, 0.1) is 39.1 Å². The molecule has 0 fully saturated rings. The lowest BCUT2D eigenvalue weighted by atomic mass is 10.2. The Kier molecular flexibility index (Phi) is 46.8. The zero-order chi connectivity index (χ0) is 22.5. The fraction of sp³-hybridized carbons (Fsp3) is 1.00. The third-order valence-corrected chi connectivity index (χ3v) is 2.65. The van der Waals surface area contributed by atoms with E-state index in [4.69, 9.17) is 46.0 Å². The highest BCUT2D eigenvalue weighted by Gasteiger charge is 1.99. The van der Waals surface area contributed by atoms with Crippen LogP contribution in [0.3, 0.4) is 0 Å². The summed E-state index contributed by atoms with van der Waals surface area (Å²) < 4.78 is 4.68. The molecule has 0 amide bonds. The van der Waals surface area contributed by atoms with Crippen molar-refractivity contribution in [1.82, 2.24) is 0 Å². The molecule has 2 unspecified atom stereocenters. The number of hydrogen-bond acceptors (Lipinski definition) is 10. The van der Waals surface area contributed by atoms with Gasteiger partial charge in [0.2, 0.25) is 0 Å². The molecule has 0 aromatic rings. The predicted molar refractivity (Wildman–Crippen MR) is 106 cm³/mol. The molecule has 2 atom stereocenters. The minimum Gasteiger partial charge on any atom is -0.396 e. The van der Waals surface area contributed by atoms with Crippen LogP contribution in [0.25, 0.3) is 0 Å². The van der Waals surface area contributed by atoms with Crippen molar-refractivity contribution in [2.24, 2.45) is 0 Å². The summed E-state index contributed by atoms with van der Waals surface area (Å²) in [6, 6.07) is 0. The van der Waals surface area contributed by atoms with Gasteiger partial charge in [0, 0.05) is 26.4 Å². The molecule has 0 aromatic carbocycles. The van der Waals surface area contributed by atoms with Gasteiger partial charge in [-0.1, -0.05) is 12.8 Å². The summed E-state index contributed by atoms with van der Waals surface area (Å²) in [6.07, 6.45) is 3.88. The molecular weight excluding hydrogens is 376 g/mol. The van der Waals surface area contributed by atoms with Gasteiger partial charge in [-0.25, -0.2) is 0 Å². The third kappa shape index (κ3) is 56.2. The zero-order valence-electron chi connectivity index (χ0n) is 17.2. The van der Waals surface area contributed by atoms with Crippen LogP contribution in [0.5, 0.6) is 0 Å². The smallest absolute Gasteiger partial charge is 0.100 e. The quantitative estimate of drug-likeness (QED) is 0.142. The largest absolute Gasteiger partial charge is 0.396 e. The summed E-state index contributed by atoms with van der Waals surface area (Å²) >= 11 is 0. The maximum absolute atomic E-state index is 8.63. The van der Waals surface area contributed by atoms with Crippen LogP contribution in [0.15, 0.2) is 0 Å². The monoisotopic (exact) mass is 420 g/mol. The fourth-order valence-electron chi connectivity index (χ4n) is 1.14. The molecule has 0 aliphatic rings. The number of unbranched alkanes of at least 4 members (excludes halogenated alkanes) is 4. The molecule has 0 aliphatic heterocycles. The summed E-state index contributed by atoms with van der Waals surface area (Å²) in [4.78, 5) is 0. The molecule has 0 radical (unpaired) electrons. The Hall–Kier alpha value is -0.400. The Labute approximate surface area is 168 Å². The molecule has 9 N–H and O–H groups in total. The maximum Gasteiger partial charge on any atom is 0.100 e. The van der Waals surface area contributed by atoms with Crippen LogP contribution < -0.4 is 0 Å². The van der Waals surface area contributed by atoms with E-state index < -0.39 is 12.2 Å². The van der Waals surface area contributed by atoms with Crippen molar-refractivity contribution in [3.8, 4) is 0 Å². The van der Waals surface area contributed by atoms with Gasteiger partial charge in [0.1, 0.15) is 6.10 Å². The predicted octanol–water partition coefficient (Wildman–Crippen LogP) is -2.01. The van der Waals surface area contributed by atoms with Crippen LogP contribution in [0.1, 0.15) is 45.4 Å². The summed E-state index contributed by atoms with van der Waals surface area (Å²) in [5, 5.41) is 73.8. The summed E-state index contributed by atoms with van der Waals surface area (Å²) in [5.41, 5.74) is 0. The molecule has 0 saturated carbocycles. The number of ether oxygens (including phenoxy) is 1. The standard InChI is InChI=1S/C6H14O2.C5H12O4.C4H10O2.C3H8O2/c7-5-3-1-2-4-6-8;6-1-2-9-4-5(8)3-7;5-3-1-2-4-6;1-3(5)2-4/h7-8H,1-6H2;5-8H,1-4H2;5-6H,1-4H2;3-5H,2H2,1H3. The molecular formula is C18H44O10. The van der Waals surface area contributed by atoms with Crippen LogP contribution in [0, 0.1) is 0 Å². The first-order valence-electron chi connectivity index (χ1n) is 9.61. The zero-order valence-corrected chi connectivity index (χ0v) is 17.2. The Morgan fingerprint density at radius 1 is 0.571 bits per heavy atom. The number of hydrogen-bond donors (Lipinski definition) is 9. The molecule has 10 nitrogen and oxygen atoms in total. The SMILES string of the molecule is CC(O)CO.OCCCCCCO.OCCCCO.OCCOCC(O)CO.